The van der Waals surface area contributed by atoms with Crippen molar-refractivity contribution in [2.24, 2.45) is 5.73 Å². The summed E-state index contributed by atoms with van der Waals surface area (Å²) in [5, 5.41) is 1.77. The SMILES string of the molecule is NC(c1ccc(F)c(C(F)(F)F)c1)c1sccc1Br. The Morgan fingerprint density at radius 2 is 1.89 bits per heavy atom. The maximum atomic E-state index is 13.2. The van der Waals surface area contributed by atoms with Crippen molar-refractivity contribution in [3.05, 3.63) is 55.9 Å². The second-order valence-electron chi connectivity index (χ2n) is 3.85. The van der Waals surface area contributed by atoms with Gasteiger partial charge in [-0.3, -0.25) is 0 Å². The van der Waals surface area contributed by atoms with Crippen molar-refractivity contribution in [3.8, 4) is 0 Å². The molecule has 102 valence electrons. The molecule has 0 saturated carbocycles. The molecule has 0 fully saturated rings. The first-order valence-electron chi connectivity index (χ1n) is 5.16. The van der Waals surface area contributed by atoms with E-state index in [0.29, 0.717) is 4.88 Å². The molecule has 1 nitrogen and oxygen atoms in total. The van der Waals surface area contributed by atoms with Crippen LogP contribution in [0.3, 0.4) is 0 Å². The Balaban J connectivity index is 2.44. The van der Waals surface area contributed by atoms with Gasteiger partial charge in [0.2, 0.25) is 0 Å². The molecule has 0 spiro atoms. The third-order valence-electron chi connectivity index (χ3n) is 2.58. The number of halogens is 5. The van der Waals surface area contributed by atoms with Gasteiger partial charge in [0.05, 0.1) is 11.6 Å². The fourth-order valence-corrected chi connectivity index (χ4v) is 3.28. The zero-order valence-corrected chi connectivity index (χ0v) is 11.7. The molecule has 19 heavy (non-hydrogen) atoms. The molecule has 0 saturated heterocycles. The predicted octanol–water partition coefficient (Wildman–Crippen LogP) is 4.72. The maximum absolute atomic E-state index is 13.2. The first-order valence-corrected chi connectivity index (χ1v) is 6.83. The van der Waals surface area contributed by atoms with Crippen LogP contribution < -0.4 is 5.73 Å². The van der Waals surface area contributed by atoms with Gasteiger partial charge in [-0.15, -0.1) is 11.3 Å². The molecule has 1 atom stereocenters. The zero-order valence-electron chi connectivity index (χ0n) is 9.34. The molecule has 1 aromatic carbocycles. The van der Waals surface area contributed by atoms with Crippen LogP contribution in [0.2, 0.25) is 0 Å². The Hall–Kier alpha value is -0.920. The summed E-state index contributed by atoms with van der Waals surface area (Å²) >= 11 is 4.59. The summed E-state index contributed by atoms with van der Waals surface area (Å²) in [6.45, 7) is 0. The smallest absolute Gasteiger partial charge is 0.320 e. The normalized spacial score (nSPS) is 13.6. The van der Waals surface area contributed by atoms with Crippen LogP contribution in [0, 0.1) is 5.82 Å². The highest BCUT2D eigenvalue weighted by atomic mass is 79.9. The highest BCUT2D eigenvalue weighted by molar-refractivity contribution is 9.10. The van der Waals surface area contributed by atoms with Crippen LogP contribution in [0.5, 0.6) is 0 Å². The number of thiophene rings is 1. The number of benzene rings is 1. The number of hydrogen-bond donors (Lipinski definition) is 1. The lowest BCUT2D eigenvalue weighted by Crippen LogP contribution is -2.14. The maximum Gasteiger partial charge on any atom is 0.419 e. The van der Waals surface area contributed by atoms with E-state index in [1.165, 1.54) is 17.4 Å². The Kier molecular flexibility index (Phi) is 3.98. The topological polar surface area (TPSA) is 26.0 Å². The molecule has 1 unspecified atom stereocenters. The molecule has 7 heteroatoms. The van der Waals surface area contributed by atoms with E-state index in [-0.39, 0.29) is 5.56 Å². The van der Waals surface area contributed by atoms with E-state index in [9.17, 15) is 17.6 Å². The lowest BCUT2D eigenvalue weighted by molar-refractivity contribution is -0.140. The summed E-state index contributed by atoms with van der Waals surface area (Å²) in [4.78, 5) is 0.694. The summed E-state index contributed by atoms with van der Waals surface area (Å²) in [5.41, 5.74) is 4.84. The van der Waals surface area contributed by atoms with Gasteiger partial charge in [0.1, 0.15) is 5.82 Å². The molecule has 0 aliphatic carbocycles. The minimum absolute atomic E-state index is 0.219. The molecule has 2 N–H and O–H groups in total. The van der Waals surface area contributed by atoms with Gasteiger partial charge in [0, 0.05) is 9.35 Å². The molecule has 0 aliphatic rings. The third kappa shape index (κ3) is 2.98. The zero-order chi connectivity index (χ0) is 14.2. The Bertz CT molecular complexity index is 594. The van der Waals surface area contributed by atoms with Crippen LogP contribution in [-0.2, 0) is 6.18 Å². The van der Waals surface area contributed by atoms with Crippen molar-refractivity contribution >= 4 is 27.3 Å². The van der Waals surface area contributed by atoms with Crippen molar-refractivity contribution in [2.75, 3.05) is 0 Å². The Morgan fingerprint density at radius 3 is 2.42 bits per heavy atom. The standard InChI is InChI=1S/C12H8BrF4NS/c13-8-3-4-19-11(8)10(18)6-1-2-9(14)7(5-6)12(15,16)17/h1-5,10H,18H2. The number of rotatable bonds is 2. The predicted molar refractivity (Wildman–Crippen MR) is 69.5 cm³/mol. The summed E-state index contributed by atoms with van der Waals surface area (Å²) in [5.74, 6) is -1.30. The molecule has 2 rings (SSSR count). The van der Waals surface area contributed by atoms with Gasteiger partial charge in [0.15, 0.2) is 0 Å². The lowest BCUT2D eigenvalue weighted by Gasteiger charge is -2.14. The van der Waals surface area contributed by atoms with Gasteiger partial charge in [-0.25, -0.2) is 4.39 Å². The number of alkyl halides is 3. The highest BCUT2D eigenvalue weighted by Crippen LogP contribution is 2.36. The average Bonchev–Trinajstić information content (AvgIpc) is 2.73. The molecule has 0 bridgehead atoms. The molecular formula is C12H8BrF4NS. The molecule has 2 aromatic rings. The van der Waals surface area contributed by atoms with Crippen molar-refractivity contribution in [2.45, 2.75) is 12.2 Å². The van der Waals surface area contributed by atoms with Gasteiger partial charge in [-0.2, -0.15) is 13.2 Å². The fraction of sp³-hybridized carbons (Fsp3) is 0.167. The second-order valence-corrected chi connectivity index (χ2v) is 5.65. The largest absolute Gasteiger partial charge is 0.419 e. The van der Waals surface area contributed by atoms with Crippen molar-refractivity contribution in [3.63, 3.8) is 0 Å². The summed E-state index contributed by atoms with van der Waals surface area (Å²) < 4.78 is 51.8. The van der Waals surface area contributed by atoms with Gasteiger partial charge in [-0.05, 0) is 45.1 Å². The van der Waals surface area contributed by atoms with Crippen LogP contribution in [0.15, 0.2) is 34.1 Å². The third-order valence-corrected chi connectivity index (χ3v) is 4.54. The van der Waals surface area contributed by atoms with E-state index in [2.05, 4.69) is 15.9 Å². The van der Waals surface area contributed by atoms with Crippen LogP contribution >= 0.6 is 27.3 Å². The summed E-state index contributed by atoms with van der Waals surface area (Å²) in [6.07, 6.45) is -4.73. The Labute approximate surface area is 119 Å². The van der Waals surface area contributed by atoms with Crippen LogP contribution in [0.4, 0.5) is 17.6 Å². The van der Waals surface area contributed by atoms with E-state index in [1.54, 1.807) is 11.4 Å². The summed E-state index contributed by atoms with van der Waals surface area (Å²) in [7, 11) is 0. The Morgan fingerprint density at radius 1 is 1.21 bits per heavy atom. The molecule has 0 amide bonds. The molecule has 1 aromatic heterocycles. The van der Waals surface area contributed by atoms with E-state index in [4.69, 9.17) is 5.73 Å². The quantitative estimate of drug-likeness (QED) is 0.777. The van der Waals surface area contributed by atoms with Gasteiger partial charge in [0.25, 0.3) is 0 Å². The van der Waals surface area contributed by atoms with Crippen molar-refractivity contribution < 1.29 is 17.6 Å². The number of hydrogen-bond acceptors (Lipinski definition) is 2. The molecular weight excluding hydrogens is 346 g/mol. The van der Waals surface area contributed by atoms with E-state index < -0.39 is 23.6 Å². The van der Waals surface area contributed by atoms with Crippen LogP contribution in [0.25, 0.3) is 0 Å². The van der Waals surface area contributed by atoms with E-state index >= 15 is 0 Å². The van der Waals surface area contributed by atoms with Crippen LogP contribution in [0.1, 0.15) is 22.0 Å². The van der Waals surface area contributed by atoms with Gasteiger partial charge >= 0.3 is 6.18 Å². The fourth-order valence-electron chi connectivity index (χ4n) is 1.63. The van der Waals surface area contributed by atoms with Crippen molar-refractivity contribution in [1.29, 1.82) is 0 Å². The second kappa shape index (κ2) is 5.22. The monoisotopic (exact) mass is 353 g/mol. The number of nitrogens with two attached hydrogens (primary N) is 1. The summed E-state index contributed by atoms with van der Waals surface area (Å²) in [6, 6.07) is 3.84. The highest BCUT2D eigenvalue weighted by Gasteiger charge is 2.34. The lowest BCUT2D eigenvalue weighted by atomic mass is 10.0. The van der Waals surface area contributed by atoms with Gasteiger partial charge < -0.3 is 5.73 Å². The van der Waals surface area contributed by atoms with E-state index in [0.717, 1.165) is 16.6 Å². The average molecular weight is 354 g/mol. The van der Waals surface area contributed by atoms with Crippen molar-refractivity contribution in [1.82, 2.24) is 0 Å². The minimum Gasteiger partial charge on any atom is -0.320 e. The van der Waals surface area contributed by atoms with Crippen LogP contribution in [-0.4, -0.2) is 0 Å². The minimum atomic E-state index is -4.73. The molecule has 1 heterocycles. The van der Waals surface area contributed by atoms with Gasteiger partial charge in [-0.1, -0.05) is 6.07 Å². The first-order chi connectivity index (χ1) is 8.80. The van der Waals surface area contributed by atoms with E-state index in [1.807, 2.05) is 0 Å². The first kappa shape index (κ1) is 14.5. The molecule has 0 radical (unpaired) electrons. The molecule has 0 aliphatic heterocycles.